The molecule has 0 N–H and O–H groups in total. The van der Waals surface area contributed by atoms with E-state index in [4.69, 9.17) is 13.9 Å². The van der Waals surface area contributed by atoms with Gasteiger partial charge in [-0.2, -0.15) is 4.31 Å². The Morgan fingerprint density at radius 2 is 1.85 bits per heavy atom. The van der Waals surface area contributed by atoms with Crippen molar-refractivity contribution < 1.29 is 27.1 Å². The Kier molecular flexibility index (Phi) is 8.75. The van der Waals surface area contributed by atoms with E-state index in [9.17, 15) is 13.2 Å². The summed E-state index contributed by atoms with van der Waals surface area (Å²) < 4.78 is 46.3. The molecule has 3 aromatic rings. The van der Waals surface area contributed by atoms with Crippen LogP contribution in [0.3, 0.4) is 0 Å². The number of methoxy groups -OCH3 is 1. The number of hydrogen-bond acceptors (Lipinski definition) is 9. The quantitative estimate of drug-likeness (QED) is 0.212. The number of aromatic nitrogens is 3. The van der Waals surface area contributed by atoms with Crippen LogP contribution in [0.25, 0.3) is 11.4 Å². The van der Waals surface area contributed by atoms with Gasteiger partial charge in [0.2, 0.25) is 10.0 Å². The molecule has 1 aliphatic heterocycles. The molecule has 0 amide bonds. The summed E-state index contributed by atoms with van der Waals surface area (Å²) in [4.78, 5) is 12.3. The molecule has 2 aliphatic rings. The number of esters is 1. The molecule has 1 saturated heterocycles. The minimum absolute atomic E-state index is 0.212. The first-order valence-corrected chi connectivity index (χ1v) is 15.7. The average molecular weight is 575 g/mol. The second-order valence-electron chi connectivity index (χ2n) is 9.83. The molecule has 5 rings (SSSR count). The summed E-state index contributed by atoms with van der Waals surface area (Å²) in [5, 5.41) is 9.85. The first kappa shape index (κ1) is 27.9. The number of ether oxygens (including phenoxy) is 2. The number of furan rings is 1. The molecular formula is C27H34N4O6S2. The maximum atomic E-state index is 13.3. The normalized spacial score (nSPS) is 17.7. The van der Waals surface area contributed by atoms with E-state index in [0.29, 0.717) is 55.0 Å². The van der Waals surface area contributed by atoms with Gasteiger partial charge in [0.05, 0.1) is 31.0 Å². The highest BCUT2D eigenvalue weighted by molar-refractivity contribution is 7.98. The molecular weight excluding hydrogens is 540 g/mol. The van der Waals surface area contributed by atoms with Gasteiger partial charge >= 0.3 is 5.97 Å². The molecule has 10 nitrogen and oxygen atoms in total. The van der Waals surface area contributed by atoms with Crippen LogP contribution < -0.4 is 0 Å². The van der Waals surface area contributed by atoms with Crippen molar-refractivity contribution in [2.24, 2.45) is 0 Å². The molecule has 3 heterocycles. The van der Waals surface area contributed by atoms with Crippen molar-refractivity contribution in [3.8, 4) is 11.4 Å². The lowest BCUT2D eigenvalue weighted by atomic mass is 10.1. The standard InChI is InChI=1S/C27H34N4O6S2/c1-19-24(26(32)35-2)17-22(37-19)18-38-27-29-28-25(31(27)21-9-5-3-4-6-10-21)20-8-7-11-23(16-20)39(33,34)30-12-14-36-15-13-30/h7-8,11,16-17,21H,3-6,9-10,12-15,18H2,1-2H3. The van der Waals surface area contributed by atoms with Crippen LogP contribution in [0.2, 0.25) is 0 Å². The van der Waals surface area contributed by atoms with E-state index in [-0.39, 0.29) is 10.9 Å². The summed E-state index contributed by atoms with van der Waals surface area (Å²) in [6, 6.07) is 8.91. The smallest absolute Gasteiger partial charge is 0.341 e. The molecule has 0 unspecified atom stereocenters. The number of rotatable bonds is 8. The molecule has 210 valence electrons. The van der Waals surface area contributed by atoms with E-state index in [2.05, 4.69) is 14.8 Å². The van der Waals surface area contributed by atoms with Crippen molar-refractivity contribution >= 4 is 27.8 Å². The highest BCUT2D eigenvalue weighted by Gasteiger charge is 2.28. The largest absolute Gasteiger partial charge is 0.465 e. The van der Waals surface area contributed by atoms with E-state index < -0.39 is 16.0 Å². The van der Waals surface area contributed by atoms with Crippen LogP contribution in [-0.2, 0) is 25.2 Å². The van der Waals surface area contributed by atoms with Gasteiger partial charge in [0, 0.05) is 24.7 Å². The van der Waals surface area contributed by atoms with Gasteiger partial charge in [0.25, 0.3) is 0 Å². The van der Waals surface area contributed by atoms with Gasteiger partial charge in [-0.15, -0.1) is 10.2 Å². The zero-order valence-electron chi connectivity index (χ0n) is 22.3. The lowest BCUT2D eigenvalue weighted by molar-refractivity contribution is 0.0598. The molecule has 12 heteroatoms. The van der Waals surface area contributed by atoms with Crippen molar-refractivity contribution in [1.29, 1.82) is 0 Å². The number of aryl methyl sites for hydroxylation is 1. The highest BCUT2D eigenvalue weighted by atomic mass is 32.2. The van der Waals surface area contributed by atoms with Crippen LogP contribution in [0, 0.1) is 6.92 Å². The number of nitrogens with zero attached hydrogens (tertiary/aromatic N) is 4. The van der Waals surface area contributed by atoms with Gasteiger partial charge in [-0.05, 0) is 38.0 Å². The third-order valence-corrected chi connectivity index (χ3v) is 10.1. The third-order valence-electron chi connectivity index (χ3n) is 7.27. The summed E-state index contributed by atoms with van der Waals surface area (Å²) in [5.41, 5.74) is 1.13. The van der Waals surface area contributed by atoms with Crippen LogP contribution >= 0.6 is 11.8 Å². The van der Waals surface area contributed by atoms with E-state index in [0.717, 1.165) is 36.4 Å². The summed E-state index contributed by atoms with van der Waals surface area (Å²) in [6.07, 6.45) is 6.67. The summed E-state index contributed by atoms with van der Waals surface area (Å²) in [5.74, 6) is 1.86. The SMILES string of the molecule is COC(=O)c1cc(CSc2nnc(-c3cccc(S(=O)(=O)N4CCOCC4)c3)n2C2CCCCCC2)oc1C. The van der Waals surface area contributed by atoms with Gasteiger partial charge in [0.1, 0.15) is 17.1 Å². The molecule has 1 saturated carbocycles. The van der Waals surface area contributed by atoms with Gasteiger partial charge in [-0.1, -0.05) is 49.6 Å². The predicted octanol–water partition coefficient (Wildman–Crippen LogP) is 4.84. The van der Waals surface area contributed by atoms with Crippen LogP contribution in [0.15, 0.2) is 44.8 Å². The minimum atomic E-state index is -3.65. The fourth-order valence-electron chi connectivity index (χ4n) is 5.21. The molecule has 0 atom stereocenters. The van der Waals surface area contributed by atoms with Gasteiger partial charge in [0.15, 0.2) is 11.0 Å². The predicted molar refractivity (Wildman–Crippen MR) is 146 cm³/mol. The Hall–Kier alpha value is -2.67. The Bertz CT molecular complexity index is 1400. The Morgan fingerprint density at radius 1 is 1.10 bits per heavy atom. The number of sulfonamides is 1. The van der Waals surface area contributed by atoms with Crippen LogP contribution in [0.4, 0.5) is 0 Å². The monoisotopic (exact) mass is 574 g/mol. The Labute approximate surface area is 233 Å². The molecule has 39 heavy (non-hydrogen) atoms. The zero-order valence-corrected chi connectivity index (χ0v) is 23.9. The third kappa shape index (κ3) is 6.08. The molecule has 2 aromatic heterocycles. The van der Waals surface area contributed by atoms with E-state index in [1.165, 1.54) is 36.0 Å². The Balaban J connectivity index is 1.47. The number of hydrogen-bond donors (Lipinski definition) is 0. The number of carbonyl (C=O) groups is 1. The molecule has 0 radical (unpaired) electrons. The summed E-state index contributed by atoms with van der Waals surface area (Å²) in [7, 11) is -2.30. The van der Waals surface area contributed by atoms with Crippen molar-refractivity contribution in [1.82, 2.24) is 19.1 Å². The van der Waals surface area contributed by atoms with Crippen molar-refractivity contribution in [3.63, 3.8) is 0 Å². The lowest BCUT2D eigenvalue weighted by Gasteiger charge is -2.26. The first-order valence-electron chi connectivity index (χ1n) is 13.3. The summed E-state index contributed by atoms with van der Waals surface area (Å²) >= 11 is 1.49. The molecule has 0 bridgehead atoms. The van der Waals surface area contributed by atoms with Crippen LogP contribution in [-0.4, -0.2) is 66.9 Å². The van der Waals surface area contributed by atoms with Gasteiger partial charge in [-0.3, -0.25) is 4.57 Å². The average Bonchev–Trinajstić information content (AvgIpc) is 3.44. The van der Waals surface area contributed by atoms with Crippen LogP contribution in [0.1, 0.15) is 66.4 Å². The topological polar surface area (TPSA) is 117 Å². The number of morpholine rings is 1. The zero-order chi connectivity index (χ0) is 27.4. The van der Waals surface area contributed by atoms with Crippen molar-refractivity contribution in [3.05, 3.63) is 47.4 Å². The molecule has 1 aromatic carbocycles. The molecule has 2 fully saturated rings. The maximum absolute atomic E-state index is 13.3. The second kappa shape index (κ2) is 12.2. The fraction of sp³-hybridized carbons (Fsp3) is 0.519. The fourth-order valence-corrected chi connectivity index (χ4v) is 7.55. The molecule has 0 spiro atoms. The van der Waals surface area contributed by atoms with E-state index in [1.807, 2.05) is 6.07 Å². The number of benzene rings is 1. The lowest BCUT2D eigenvalue weighted by Crippen LogP contribution is -2.40. The number of thioether (sulfide) groups is 1. The minimum Gasteiger partial charge on any atom is -0.465 e. The number of carbonyl (C=O) groups excluding carboxylic acids is 1. The van der Waals surface area contributed by atoms with E-state index in [1.54, 1.807) is 31.2 Å². The maximum Gasteiger partial charge on any atom is 0.341 e. The second-order valence-corrected chi connectivity index (χ2v) is 12.7. The van der Waals surface area contributed by atoms with Gasteiger partial charge < -0.3 is 13.9 Å². The van der Waals surface area contributed by atoms with Crippen molar-refractivity contribution in [2.75, 3.05) is 33.4 Å². The van der Waals surface area contributed by atoms with Crippen molar-refractivity contribution in [2.45, 2.75) is 67.3 Å². The van der Waals surface area contributed by atoms with E-state index >= 15 is 0 Å². The highest BCUT2D eigenvalue weighted by Crippen LogP contribution is 2.36. The molecule has 1 aliphatic carbocycles. The van der Waals surface area contributed by atoms with Gasteiger partial charge in [-0.25, -0.2) is 13.2 Å². The summed E-state index contributed by atoms with van der Waals surface area (Å²) in [6.45, 7) is 3.22. The Morgan fingerprint density at radius 3 is 2.56 bits per heavy atom. The van der Waals surface area contributed by atoms with Crippen LogP contribution in [0.5, 0.6) is 0 Å². The first-order chi connectivity index (χ1) is 18.9.